The van der Waals surface area contributed by atoms with Crippen LogP contribution in [-0.2, 0) is 16.4 Å². The lowest BCUT2D eigenvalue weighted by Crippen LogP contribution is -2.35. The molecule has 0 aliphatic carbocycles. The molecule has 5 nitrogen and oxygen atoms in total. The van der Waals surface area contributed by atoms with Crippen molar-refractivity contribution >= 4 is 27.3 Å². The Hall–Kier alpha value is -3.19. The second kappa shape index (κ2) is 7.33. The molecule has 4 rings (SSSR count). The van der Waals surface area contributed by atoms with E-state index in [4.69, 9.17) is 0 Å². The predicted octanol–water partition coefficient (Wildman–Crippen LogP) is 4.22. The van der Waals surface area contributed by atoms with Gasteiger partial charge in [0.2, 0.25) is 0 Å². The van der Waals surface area contributed by atoms with Crippen molar-refractivity contribution < 1.29 is 17.6 Å². The molecular weight excluding hydrogens is 391 g/mol. The van der Waals surface area contributed by atoms with Crippen molar-refractivity contribution in [3.63, 3.8) is 0 Å². The molecule has 3 aromatic rings. The number of nitrogens with one attached hydrogen (secondary N) is 1. The highest BCUT2D eigenvalue weighted by molar-refractivity contribution is 7.92. The molecule has 148 valence electrons. The Bertz CT molecular complexity index is 1180. The molecule has 0 spiro atoms. The molecule has 0 saturated heterocycles. The normalized spacial score (nSPS) is 15.8. The lowest BCUT2D eigenvalue weighted by molar-refractivity contribution is 0.102. The van der Waals surface area contributed by atoms with Crippen molar-refractivity contribution in [2.45, 2.75) is 24.3 Å². The highest BCUT2D eigenvalue weighted by Crippen LogP contribution is 2.36. The van der Waals surface area contributed by atoms with Crippen LogP contribution >= 0.6 is 0 Å². The van der Waals surface area contributed by atoms with E-state index in [2.05, 4.69) is 5.32 Å². The van der Waals surface area contributed by atoms with Gasteiger partial charge in [-0.3, -0.25) is 9.10 Å². The van der Waals surface area contributed by atoms with Gasteiger partial charge in [0.1, 0.15) is 5.82 Å². The van der Waals surface area contributed by atoms with E-state index in [1.165, 1.54) is 40.7 Å². The van der Waals surface area contributed by atoms with Crippen LogP contribution in [0, 0.1) is 5.82 Å². The van der Waals surface area contributed by atoms with E-state index < -0.39 is 21.7 Å². The van der Waals surface area contributed by atoms with Crippen LogP contribution in [0.3, 0.4) is 0 Å². The molecule has 29 heavy (non-hydrogen) atoms. The second-order valence-corrected chi connectivity index (χ2v) is 8.79. The maximum atomic E-state index is 13.3. The Kier molecular flexibility index (Phi) is 4.84. The summed E-state index contributed by atoms with van der Waals surface area (Å²) in [5.41, 5.74) is 2.28. The van der Waals surface area contributed by atoms with Crippen LogP contribution in [0.4, 0.5) is 15.8 Å². The fourth-order valence-electron chi connectivity index (χ4n) is 3.55. The lowest BCUT2D eigenvalue weighted by atomic mass is 10.1. The number of rotatable bonds is 4. The molecule has 1 unspecified atom stereocenters. The number of halogens is 1. The molecule has 1 atom stereocenters. The van der Waals surface area contributed by atoms with Gasteiger partial charge in [0.25, 0.3) is 15.9 Å². The minimum atomic E-state index is -3.83. The molecular formula is C22H19FN2O3S. The number of benzene rings is 3. The summed E-state index contributed by atoms with van der Waals surface area (Å²) in [5, 5.41) is 2.64. The van der Waals surface area contributed by atoms with Crippen LogP contribution in [0.15, 0.2) is 77.7 Å². The largest absolute Gasteiger partial charge is 0.322 e. The number of para-hydroxylation sites is 1. The molecule has 1 aliphatic heterocycles. The van der Waals surface area contributed by atoms with Crippen LogP contribution in [0.5, 0.6) is 0 Å². The lowest BCUT2D eigenvalue weighted by Gasteiger charge is -2.24. The molecule has 0 fully saturated rings. The minimum absolute atomic E-state index is 0.0489. The zero-order chi connectivity index (χ0) is 20.6. The van der Waals surface area contributed by atoms with Gasteiger partial charge in [0.05, 0.1) is 10.6 Å². The summed E-state index contributed by atoms with van der Waals surface area (Å²) < 4.78 is 41.1. The van der Waals surface area contributed by atoms with Gasteiger partial charge in [-0.05, 0) is 67.4 Å². The summed E-state index contributed by atoms with van der Waals surface area (Å²) >= 11 is 0. The second-order valence-electron chi connectivity index (χ2n) is 6.97. The Morgan fingerprint density at radius 2 is 1.76 bits per heavy atom. The van der Waals surface area contributed by atoms with Gasteiger partial charge in [0.15, 0.2) is 0 Å². The third kappa shape index (κ3) is 3.61. The van der Waals surface area contributed by atoms with Crippen LogP contribution in [0.2, 0.25) is 0 Å². The smallest absolute Gasteiger partial charge is 0.264 e. The third-order valence-electron chi connectivity index (χ3n) is 4.90. The third-order valence-corrected chi connectivity index (χ3v) is 6.82. The summed E-state index contributed by atoms with van der Waals surface area (Å²) in [6, 6.07) is 18.5. The standard InChI is InChI=1S/C22H19FN2O3S/c1-15-13-16-5-2-3-8-21(16)25(15)29(27,28)20-7-4-6-17(14-20)22(26)24-19-11-9-18(23)10-12-19/h2-12,14-15H,13H2,1H3,(H,24,26). The Labute approximate surface area is 168 Å². The molecule has 0 radical (unpaired) electrons. The van der Waals surface area contributed by atoms with Crippen LogP contribution < -0.4 is 9.62 Å². The van der Waals surface area contributed by atoms with Crippen molar-refractivity contribution in [3.8, 4) is 0 Å². The first-order chi connectivity index (χ1) is 13.9. The molecule has 1 heterocycles. The van der Waals surface area contributed by atoms with E-state index in [0.717, 1.165) is 5.56 Å². The fourth-order valence-corrected chi connectivity index (χ4v) is 5.29. The van der Waals surface area contributed by atoms with Gasteiger partial charge < -0.3 is 5.32 Å². The molecule has 1 amide bonds. The summed E-state index contributed by atoms with van der Waals surface area (Å²) in [6.07, 6.45) is 0.639. The van der Waals surface area contributed by atoms with Crippen LogP contribution in [-0.4, -0.2) is 20.4 Å². The number of fused-ring (bicyclic) bond motifs is 1. The Balaban J connectivity index is 1.64. The van der Waals surface area contributed by atoms with Crippen molar-refractivity contribution in [1.29, 1.82) is 0 Å². The van der Waals surface area contributed by atoms with Gasteiger partial charge in [-0.1, -0.05) is 24.3 Å². The monoisotopic (exact) mass is 410 g/mol. The van der Waals surface area contributed by atoms with E-state index in [-0.39, 0.29) is 16.5 Å². The van der Waals surface area contributed by atoms with Crippen molar-refractivity contribution in [3.05, 3.63) is 89.7 Å². The van der Waals surface area contributed by atoms with Crippen LogP contribution in [0.25, 0.3) is 0 Å². The number of hydrogen-bond acceptors (Lipinski definition) is 3. The molecule has 0 aromatic heterocycles. The number of carbonyl (C=O) groups excluding carboxylic acids is 1. The molecule has 0 bridgehead atoms. The first kappa shape index (κ1) is 19.1. The number of anilines is 2. The molecule has 0 saturated carbocycles. The van der Waals surface area contributed by atoms with Gasteiger partial charge in [-0.2, -0.15) is 0 Å². The van der Waals surface area contributed by atoms with E-state index in [9.17, 15) is 17.6 Å². The Morgan fingerprint density at radius 1 is 1.03 bits per heavy atom. The molecule has 3 aromatic carbocycles. The topological polar surface area (TPSA) is 66.5 Å². The predicted molar refractivity (Wildman–Crippen MR) is 110 cm³/mol. The maximum absolute atomic E-state index is 13.3. The Morgan fingerprint density at radius 3 is 2.52 bits per heavy atom. The van der Waals surface area contributed by atoms with E-state index in [1.807, 2.05) is 25.1 Å². The summed E-state index contributed by atoms with van der Waals surface area (Å²) in [6.45, 7) is 1.86. The quantitative estimate of drug-likeness (QED) is 0.700. The zero-order valence-electron chi connectivity index (χ0n) is 15.7. The number of hydrogen-bond donors (Lipinski definition) is 1. The van der Waals surface area contributed by atoms with E-state index in [1.54, 1.807) is 18.2 Å². The van der Waals surface area contributed by atoms with Crippen molar-refractivity contribution in [1.82, 2.24) is 0 Å². The molecule has 7 heteroatoms. The van der Waals surface area contributed by atoms with Gasteiger partial charge in [-0.15, -0.1) is 0 Å². The minimum Gasteiger partial charge on any atom is -0.322 e. The molecule has 1 N–H and O–H groups in total. The summed E-state index contributed by atoms with van der Waals surface area (Å²) in [7, 11) is -3.83. The average Bonchev–Trinajstić information content (AvgIpc) is 3.06. The van der Waals surface area contributed by atoms with Gasteiger partial charge in [0, 0.05) is 17.3 Å². The number of amides is 1. The first-order valence-electron chi connectivity index (χ1n) is 9.15. The van der Waals surface area contributed by atoms with Gasteiger partial charge >= 0.3 is 0 Å². The van der Waals surface area contributed by atoms with Gasteiger partial charge in [-0.25, -0.2) is 12.8 Å². The van der Waals surface area contributed by atoms with Crippen molar-refractivity contribution in [2.24, 2.45) is 0 Å². The number of carbonyl (C=O) groups is 1. The average molecular weight is 410 g/mol. The van der Waals surface area contributed by atoms with Crippen molar-refractivity contribution in [2.75, 3.05) is 9.62 Å². The number of sulfonamides is 1. The van der Waals surface area contributed by atoms with E-state index in [0.29, 0.717) is 17.8 Å². The first-order valence-corrected chi connectivity index (χ1v) is 10.6. The SMILES string of the molecule is CC1Cc2ccccc2N1S(=O)(=O)c1cccc(C(=O)Nc2ccc(F)cc2)c1. The highest BCUT2D eigenvalue weighted by atomic mass is 32.2. The van der Waals surface area contributed by atoms with Crippen LogP contribution in [0.1, 0.15) is 22.8 Å². The van der Waals surface area contributed by atoms with E-state index >= 15 is 0 Å². The fraction of sp³-hybridized carbons (Fsp3) is 0.136. The highest BCUT2D eigenvalue weighted by Gasteiger charge is 2.36. The molecule has 1 aliphatic rings. The summed E-state index contributed by atoms with van der Waals surface area (Å²) in [5.74, 6) is -0.875. The number of nitrogens with zero attached hydrogens (tertiary/aromatic N) is 1. The summed E-state index contributed by atoms with van der Waals surface area (Å²) in [4.78, 5) is 12.6. The maximum Gasteiger partial charge on any atom is 0.264 e. The zero-order valence-corrected chi connectivity index (χ0v) is 16.5.